The fourth-order valence-electron chi connectivity index (χ4n) is 2.58. The van der Waals surface area contributed by atoms with Crippen LogP contribution < -0.4 is 5.73 Å². The molecule has 0 atom stereocenters. The molecule has 0 aromatic rings. The predicted molar refractivity (Wildman–Crippen MR) is 131 cm³/mol. The molecule has 0 unspecified atom stereocenters. The van der Waals surface area contributed by atoms with E-state index in [1.807, 2.05) is 0 Å². The Morgan fingerprint density at radius 1 is 0.324 bits per heavy atom. The Morgan fingerprint density at radius 2 is 0.588 bits per heavy atom. The molecule has 0 radical (unpaired) electrons. The molecule has 206 valence electrons. The predicted octanol–water partition coefficient (Wildman–Crippen LogP) is 1.67. The highest BCUT2D eigenvalue weighted by Crippen LogP contribution is 1.98. The molecule has 10 nitrogen and oxygen atoms in total. The molecule has 0 fully saturated rings. The van der Waals surface area contributed by atoms with E-state index >= 15 is 0 Å². The minimum absolute atomic E-state index is 0.532. The van der Waals surface area contributed by atoms with Crippen LogP contribution in [-0.2, 0) is 42.6 Å². The van der Waals surface area contributed by atoms with Gasteiger partial charge in [-0.2, -0.15) is 0 Å². The van der Waals surface area contributed by atoms with Gasteiger partial charge in [-0.1, -0.05) is 26.2 Å². The van der Waals surface area contributed by atoms with Gasteiger partial charge in [0.05, 0.1) is 112 Å². The van der Waals surface area contributed by atoms with E-state index in [0.717, 1.165) is 13.0 Å². The molecule has 0 aliphatic carbocycles. The maximum Gasteiger partial charge on any atom is 0.0701 e. The molecule has 0 aromatic carbocycles. The smallest absolute Gasteiger partial charge is 0.0701 e. The standard InChI is InChI=1S/C24H51NO9/c1-2-3-4-5-7-26-9-11-28-13-15-30-17-19-32-21-23-34-24-22-33-20-18-31-16-14-29-12-10-27-8-6-25/h2-25H2,1H3. The topological polar surface area (TPSA) is 109 Å². The quantitative estimate of drug-likeness (QED) is 0.142. The highest BCUT2D eigenvalue weighted by Gasteiger charge is 1.95. The summed E-state index contributed by atoms with van der Waals surface area (Å²) in [6, 6.07) is 0. The molecular formula is C24H51NO9. The third-order valence-electron chi connectivity index (χ3n) is 4.38. The maximum absolute atomic E-state index is 5.51. The van der Waals surface area contributed by atoms with Gasteiger partial charge in [-0.05, 0) is 6.42 Å². The third-order valence-corrected chi connectivity index (χ3v) is 4.38. The summed E-state index contributed by atoms with van der Waals surface area (Å²) < 4.78 is 48.7. The summed E-state index contributed by atoms with van der Waals surface area (Å²) in [6.45, 7) is 13.0. The Kier molecular flexibility index (Phi) is 32.2. The van der Waals surface area contributed by atoms with Gasteiger partial charge >= 0.3 is 0 Å². The van der Waals surface area contributed by atoms with Crippen LogP contribution in [0.1, 0.15) is 32.6 Å². The summed E-state index contributed by atoms with van der Waals surface area (Å²) >= 11 is 0. The highest BCUT2D eigenvalue weighted by atomic mass is 16.6. The zero-order valence-corrected chi connectivity index (χ0v) is 21.5. The number of rotatable bonds is 31. The van der Waals surface area contributed by atoms with Crippen LogP contribution in [-0.4, -0.2) is 125 Å². The van der Waals surface area contributed by atoms with Gasteiger partial charge in [-0.15, -0.1) is 0 Å². The summed E-state index contributed by atoms with van der Waals surface area (Å²) in [7, 11) is 0. The van der Waals surface area contributed by atoms with E-state index in [4.69, 9.17) is 48.4 Å². The average Bonchev–Trinajstić information content (AvgIpc) is 2.85. The van der Waals surface area contributed by atoms with Crippen LogP contribution in [0.4, 0.5) is 0 Å². The maximum atomic E-state index is 5.51. The van der Waals surface area contributed by atoms with Crippen molar-refractivity contribution < 1.29 is 42.6 Å². The first-order valence-corrected chi connectivity index (χ1v) is 12.8. The van der Waals surface area contributed by atoms with Crippen molar-refractivity contribution in [3.8, 4) is 0 Å². The first-order chi connectivity index (χ1) is 16.9. The number of nitrogens with two attached hydrogens (primary N) is 1. The second-order valence-corrected chi connectivity index (χ2v) is 7.36. The largest absolute Gasteiger partial charge is 0.379 e. The van der Waals surface area contributed by atoms with Crippen molar-refractivity contribution in [3.63, 3.8) is 0 Å². The zero-order chi connectivity index (χ0) is 24.6. The minimum atomic E-state index is 0.532. The van der Waals surface area contributed by atoms with E-state index in [1.54, 1.807) is 0 Å². The first kappa shape index (κ1) is 33.6. The van der Waals surface area contributed by atoms with Crippen molar-refractivity contribution in [2.75, 3.05) is 125 Å². The average molecular weight is 498 g/mol. The lowest BCUT2D eigenvalue weighted by Gasteiger charge is -2.09. The Morgan fingerprint density at radius 3 is 0.853 bits per heavy atom. The van der Waals surface area contributed by atoms with Crippen LogP contribution in [0.5, 0.6) is 0 Å². The Balaban J connectivity index is 2.99. The molecular weight excluding hydrogens is 446 g/mol. The summed E-state index contributed by atoms with van der Waals surface area (Å²) in [5.41, 5.74) is 5.32. The monoisotopic (exact) mass is 497 g/mol. The van der Waals surface area contributed by atoms with E-state index in [9.17, 15) is 0 Å². The van der Waals surface area contributed by atoms with E-state index < -0.39 is 0 Å². The Bertz CT molecular complexity index is 322. The van der Waals surface area contributed by atoms with Crippen molar-refractivity contribution in [2.24, 2.45) is 5.73 Å². The summed E-state index contributed by atoms with van der Waals surface area (Å²) in [6.07, 6.45) is 4.91. The SMILES string of the molecule is CCCCCCOCCOCCOCCOCCOCCOCCOCCOCCOCCN. The number of unbranched alkanes of at least 4 members (excludes halogenated alkanes) is 3. The van der Waals surface area contributed by atoms with Crippen molar-refractivity contribution in [1.29, 1.82) is 0 Å². The molecule has 0 aromatic heterocycles. The Labute approximate surface area is 206 Å². The number of ether oxygens (including phenoxy) is 9. The van der Waals surface area contributed by atoms with Crippen LogP contribution in [0.25, 0.3) is 0 Å². The van der Waals surface area contributed by atoms with Gasteiger partial charge < -0.3 is 48.4 Å². The van der Waals surface area contributed by atoms with Gasteiger partial charge in [0.15, 0.2) is 0 Å². The second-order valence-electron chi connectivity index (χ2n) is 7.36. The molecule has 0 bridgehead atoms. The van der Waals surface area contributed by atoms with E-state index in [0.29, 0.717) is 119 Å². The molecule has 10 heteroatoms. The minimum Gasteiger partial charge on any atom is -0.379 e. The van der Waals surface area contributed by atoms with Crippen LogP contribution >= 0.6 is 0 Å². The van der Waals surface area contributed by atoms with Gasteiger partial charge in [0.2, 0.25) is 0 Å². The van der Waals surface area contributed by atoms with E-state index in [2.05, 4.69) is 6.92 Å². The van der Waals surface area contributed by atoms with Crippen molar-refractivity contribution in [3.05, 3.63) is 0 Å². The number of hydrogen-bond donors (Lipinski definition) is 1. The van der Waals surface area contributed by atoms with Crippen LogP contribution in [0.15, 0.2) is 0 Å². The lowest BCUT2D eigenvalue weighted by atomic mass is 10.2. The van der Waals surface area contributed by atoms with Crippen LogP contribution in [0.2, 0.25) is 0 Å². The van der Waals surface area contributed by atoms with Gasteiger partial charge in [-0.25, -0.2) is 0 Å². The molecule has 34 heavy (non-hydrogen) atoms. The number of hydrogen-bond acceptors (Lipinski definition) is 10. The Hall–Kier alpha value is -0.400. The molecule has 0 aliphatic heterocycles. The molecule has 0 spiro atoms. The van der Waals surface area contributed by atoms with Gasteiger partial charge in [0, 0.05) is 13.2 Å². The van der Waals surface area contributed by atoms with Crippen molar-refractivity contribution in [2.45, 2.75) is 32.6 Å². The molecule has 0 heterocycles. The fourth-order valence-corrected chi connectivity index (χ4v) is 2.58. The lowest BCUT2D eigenvalue weighted by molar-refractivity contribution is -0.0249. The summed E-state index contributed by atoms with van der Waals surface area (Å²) in [5.74, 6) is 0. The lowest BCUT2D eigenvalue weighted by Crippen LogP contribution is -2.15. The first-order valence-electron chi connectivity index (χ1n) is 12.8. The second kappa shape index (κ2) is 32.6. The van der Waals surface area contributed by atoms with Crippen LogP contribution in [0.3, 0.4) is 0 Å². The molecule has 0 rings (SSSR count). The third kappa shape index (κ3) is 31.6. The van der Waals surface area contributed by atoms with Crippen LogP contribution in [0, 0.1) is 0 Å². The molecule has 0 amide bonds. The molecule has 0 aliphatic rings. The fraction of sp³-hybridized carbons (Fsp3) is 1.00. The van der Waals surface area contributed by atoms with E-state index in [-0.39, 0.29) is 0 Å². The van der Waals surface area contributed by atoms with Gasteiger partial charge in [0.1, 0.15) is 0 Å². The van der Waals surface area contributed by atoms with E-state index in [1.165, 1.54) is 19.3 Å². The van der Waals surface area contributed by atoms with Gasteiger partial charge in [-0.3, -0.25) is 0 Å². The zero-order valence-electron chi connectivity index (χ0n) is 21.5. The summed E-state index contributed by atoms with van der Waals surface area (Å²) in [4.78, 5) is 0. The molecule has 0 saturated carbocycles. The van der Waals surface area contributed by atoms with Crippen molar-refractivity contribution in [1.82, 2.24) is 0 Å². The molecule has 0 saturated heterocycles. The summed E-state index contributed by atoms with van der Waals surface area (Å²) in [5, 5.41) is 0. The highest BCUT2D eigenvalue weighted by molar-refractivity contribution is 4.40. The molecule has 2 N–H and O–H groups in total. The van der Waals surface area contributed by atoms with Gasteiger partial charge in [0.25, 0.3) is 0 Å². The normalized spacial score (nSPS) is 11.5. The van der Waals surface area contributed by atoms with Crippen molar-refractivity contribution >= 4 is 0 Å².